The van der Waals surface area contributed by atoms with Crippen molar-refractivity contribution < 1.29 is 4.74 Å². The maximum Gasteiger partial charge on any atom is 0.144 e. The molecule has 3 unspecified atom stereocenters. The highest BCUT2D eigenvalue weighted by Crippen LogP contribution is 2.38. The summed E-state index contributed by atoms with van der Waals surface area (Å²) in [5.74, 6) is 1.70. The van der Waals surface area contributed by atoms with Gasteiger partial charge in [0.05, 0.1) is 11.7 Å². The Kier molecular flexibility index (Phi) is 2.47. The largest absolute Gasteiger partial charge is 0.486 e. The second-order valence-corrected chi connectivity index (χ2v) is 5.40. The fourth-order valence-electron chi connectivity index (χ4n) is 2.72. The van der Waals surface area contributed by atoms with Crippen LogP contribution in [0.25, 0.3) is 0 Å². The van der Waals surface area contributed by atoms with Gasteiger partial charge < -0.3 is 10.1 Å². The van der Waals surface area contributed by atoms with E-state index in [1.54, 1.807) is 0 Å². The number of anilines is 1. The molecule has 2 nitrogen and oxygen atoms in total. The monoisotopic (exact) mass is 237 g/mol. The van der Waals surface area contributed by atoms with Crippen molar-refractivity contribution in [1.29, 1.82) is 0 Å². The van der Waals surface area contributed by atoms with E-state index in [1.807, 2.05) is 18.2 Å². The van der Waals surface area contributed by atoms with Crippen LogP contribution >= 0.6 is 11.6 Å². The van der Waals surface area contributed by atoms with Gasteiger partial charge in [0.15, 0.2) is 0 Å². The van der Waals surface area contributed by atoms with Gasteiger partial charge >= 0.3 is 0 Å². The molecular weight excluding hydrogens is 222 g/mol. The first-order chi connectivity index (χ1) is 7.72. The number of nitrogens with one attached hydrogen (secondary N) is 1. The molecule has 86 valence electrons. The first-order valence-corrected chi connectivity index (χ1v) is 6.33. The van der Waals surface area contributed by atoms with Crippen LogP contribution in [0.5, 0.6) is 5.75 Å². The van der Waals surface area contributed by atoms with E-state index in [-0.39, 0.29) is 0 Å². The van der Waals surface area contributed by atoms with Crippen molar-refractivity contribution >= 4 is 17.3 Å². The summed E-state index contributed by atoms with van der Waals surface area (Å²) in [4.78, 5) is 0. The van der Waals surface area contributed by atoms with Gasteiger partial charge in [-0.1, -0.05) is 18.5 Å². The number of fused-ring (bicyclic) bond motifs is 2. The van der Waals surface area contributed by atoms with Crippen LogP contribution < -0.4 is 10.1 Å². The van der Waals surface area contributed by atoms with E-state index in [4.69, 9.17) is 16.3 Å². The van der Waals surface area contributed by atoms with Crippen molar-refractivity contribution in [2.75, 3.05) is 5.32 Å². The molecule has 0 saturated heterocycles. The Labute approximate surface area is 101 Å². The van der Waals surface area contributed by atoms with E-state index < -0.39 is 0 Å². The highest BCUT2D eigenvalue weighted by atomic mass is 35.5. The number of hydrogen-bond donors (Lipinski definition) is 1. The van der Waals surface area contributed by atoms with Crippen LogP contribution in [0.1, 0.15) is 26.2 Å². The summed E-state index contributed by atoms with van der Waals surface area (Å²) in [6.07, 6.45) is 3.93. The topological polar surface area (TPSA) is 21.3 Å². The smallest absolute Gasteiger partial charge is 0.144 e. The molecule has 3 heteroatoms. The van der Waals surface area contributed by atoms with E-state index in [9.17, 15) is 0 Å². The highest BCUT2D eigenvalue weighted by molar-refractivity contribution is 6.30. The summed E-state index contributed by atoms with van der Waals surface area (Å²) in [7, 11) is 0. The minimum absolute atomic E-state index is 0.321. The van der Waals surface area contributed by atoms with Crippen LogP contribution in [0, 0.1) is 5.92 Å². The van der Waals surface area contributed by atoms with Crippen LogP contribution in [0.4, 0.5) is 5.69 Å². The van der Waals surface area contributed by atoms with Gasteiger partial charge in [-0.25, -0.2) is 0 Å². The molecular formula is C13H16ClNO. The van der Waals surface area contributed by atoms with E-state index in [0.717, 1.165) is 28.8 Å². The van der Waals surface area contributed by atoms with Gasteiger partial charge in [0.2, 0.25) is 0 Å². The first-order valence-electron chi connectivity index (χ1n) is 5.95. The van der Waals surface area contributed by atoms with Crippen LogP contribution in [-0.2, 0) is 0 Å². The Morgan fingerprint density at radius 2 is 2.25 bits per heavy atom. The second kappa shape index (κ2) is 3.85. The van der Waals surface area contributed by atoms with E-state index in [0.29, 0.717) is 12.1 Å². The third-order valence-electron chi connectivity index (χ3n) is 3.61. The Bertz CT molecular complexity index is 407. The molecule has 1 N–H and O–H groups in total. The molecule has 0 amide bonds. The molecule has 3 rings (SSSR count). The van der Waals surface area contributed by atoms with Gasteiger partial charge in [0, 0.05) is 11.1 Å². The molecule has 0 aromatic heterocycles. The van der Waals surface area contributed by atoms with Crippen molar-refractivity contribution in [1.82, 2.24) is 0 Å². The number of ether oxygens (including phenoxy) is 1. The number of halogens is 1. The molecule has 2 aliphatic rings. The Morgan fingerprint density at radius 3 is 3.12 bits per heavy atom. The average molecular weight is 238 g/mol. The Morgan fingerprint density at radius 1 is 1.38 bits per heavy atom. The summed E-state index contributed by atoms with van der Waals surface area (Å²) in [5, 5.41) is 4.31. The molecule has 1 aromatic rings. The standard InChI is InChI=1S/C13H16ClNO/c1-8-2-5-12-11(6-8)15-10-4-3-9(14)7-13(10)16-12/h3-4,7-8,11-12,15H,2,5-6H2,1H3. The summed E-state index contributed by atoms with van der Waals surface area (Å²) < 4.78 is 6.02. The summed E-state index contributed by atoms with van der Waals surface area (Å²) in [6, 6.07) is 6.28. The van der Waals surface area contributed by atoms with E-state index in [1.165, 1.54) is 12.8 Å². The molecule has 0 radical (unpaired) electrons. The minimum Gasteiger partial charge on any atom is -0.486 e. The fourth-order valence-corrected chi connectivity index (χ4v) is 2.88. The van der Waals surface area contributed by atoms with Crippen LogP contribution in [0.3, 0.4) is 0 Å². The summed E-state index contributed by atoms with van der Waals surface area (Å²) >= 11 is 5.97. The lowest BCUT2D eigenvalue weighted by Crippen LogP contribution is -2.45. The first kappa shape index (κ1) is 10.3. The summed E-state index contributed by atoms with van der Waals surface area (Å²) in [5.41, 5.74) is 1.08. The molecule has 1 saturated carbocycles. The van der Waals surface area contributed by atoms with Crippen molar-refractivity contribution in [2.24, 2.45) is 5.92 Å². The van der Waals surface area contributed by atoms with Crippen LogP contribution in [0.2, 0.25) is 5.02 Å². The van der Waals surface area contributed by atoms with Gasteiger partial charge in [-0.15, -0.1) is 0 Å². The maximum absolute atomic E-state index is 6.02. The van der Waals surface area contributed by atoms with Crippen molar-refractivity contribution in [3.63, 3.8) is 0 Å². The molecule has 1 fully saturated rings. The molecule has 16 heavy (non-hydrogen) atoms. The molecule has 0 spiro atoms. The van der Waals surface area contributed by atoms with Crippen molar-refractivity contribution in [2.45, 2.75) is 38.3 Å². The van der Waals surface area contributed by atoms with Crippen LogP contribution in [-0.4, -0.2) is 12.1 Å². The zero-order valence-corrected chi connectivity index (χ0v) is 10.1. The number of rotatable bonds is 0. The van der Waals surface area contributed by atoms with Gasteiger partial charge in [0.1, 0.15) is 11.9 Å². The van der Waals surface area contributed by atoms with Gasteiger partial charge in [0.25, 0.3) is 0 Å². The van der Waals surface area contributed by atoms with E-state index in [2.05, 4.69) is 12.2 Å². The van der Waals surface area contributed by atoms with Crippen molar-refractivity contribution in [3.05, 3.63) is 23.2 Å². The third-order valence-corrected chi connectivity index (χ3v) is 3.85. The second-order valence-electron chi connectivity index (χ2n) is 4.97. The molecule has 0 bridgehead atoms. The van der Waals surface area contributed by atoms with E-state index >= 15 is 0 Å². The van der Waals surface area contributed by atoms with Gasteiger partial charge in [-0.05, 0) is 37.3 Å². The zero-order chi connectivity index (χ0) is 11.1. The van der Waals surface area contributed by atoms with Crippen LogP contribution in [0.15, 0.2) is 18.2 Å². The normalized spacial score (nSPS) is 32.0. The molecule has 1 heterocycles. The average Bonchev–Trinajstić information content (AvgIpc) is 2.26. The maximum atomic E-state index is 6.02. The molecule has 1 aliphatic carbocycles. The highest BCUT2D eigenvalue weighted by Gasteiger charge is 2.34. The van der Waals surface area contributed by atoms with Gasteiger partial charge in [-0.2, -0.15) is 0 Å². The predicted molar refractivity (Wildman–Crippen MR) is 66.3 cm³/mol. The quantitative estimate of drug-likeness (QED) is 0.743. The Hall–Kier alpha value is -0.890. The Balaban J connectivity index is 1.88. The lowest BCUT2D eigenvalue weighted by molar-refractivity contribution is 0.112. The predicted octanol–water partition coefficient (Wildman–Crippen LogP) is 3.70. The lowest BCUT2D eigenvalue weighted by Gasteiger charge is -2.40. The third kappa shape index (κ3) is 1.75. The molecule has 1 aliphatic heterocycles. The summed E-state index contributed by atoms with van der Waals surface area (Å²) in [6.45, 7) is 2.31. The minimum atomic E-state index is 0.321. The zero-order valence-electron chi connectivity index (χ0n) is 9.37. The number of hydrogen-bond acceptors (Lipinski definition) is 2. The van der Waals surface area contributed by atoms with Crippen molar-refractivity contribution in [3.8, 4) is 5.75 Å². The molecule has 3 atom stereocenters. The lowest BCUT2D eigenvalue weighted by atomic mass is 9.84. The molecule has 1 aromatic carbocycles. The SMILES string of the molecule is CC1CCC2Oc3cc(Cl)ccc3NC2C1. The van der Waals surface area contributed by atoms with Gasteiger partial charge in [-0.3, -0.25) is 0 Å². The number of benzene rings is 1. The fraction of sp³-hybridized carbons (Fsp3) is 0.538.